The van der Waals surface area contributed by atoms with Crippen LogP contribution in [0.15, 0.2) is 10.6 Å². The molecule has 4 rings (SSSR count). The van der Waals surface area contributed by atoms with Crippen molar-refractivity contribution in [2.45, 2.75) is 71.4 Å². The van der Waals surface area contributed by atoms with Crippen LogP contribution in [0.2, 0.25) is 0 Å². The maximum Gasteiger partial charge on any atom is 0.256 e. The smallest absolute Gasteiger partial charge is 0.256 e. The molecule has 134 valence electrons. The summed E-state index contributed by atoms with van der Waals surface area (Å²) < 4.78 is 7.68. The molecule has 6 nitrogen and oxygen atoms in total. The SMILES string of the molecule is Cc1cc(C(=O)N2CCC[C@H]2c2noc(C(C)C)n2)c(C)n1C1CC1. The molecule has 1 saturated carbocycles. The molecule has 0 spiro atoms. The van der Waals surface area contributed by atoms with E-state index in [1.807, 2.05) is 24.8 Å². The van der Waals surface area contributed by atoms with Crippen molar-refractivity contribution in [1.82, 2.24) is 19.6 Å². The summed E-state index contributed by atoms with van der Waals surface area (Å²) >= 11 is 0. The molecule has 0 radical (unpaired) electrons. The van der Waals surface area contributed by atoms with Crippen LogP contribution in [-0.4, -0.2) is 32.1 Å². The first kappa shape index (κ1) is 16.4. The van der Waals surface area contributed by atoms with Gasteiger partial charge in [-0.2, -0.15) is 4.98 Å². The van der Waals surface area contributed by atoms with Crippen LogP contribution in [0, 0.1) is 13.8 Å². The van der Waals surface area contributed by atoms with E-state index in [1.165, 1.54) is 18.5 Å². The zero-order valence-corrected chi connectivity index (χ0v) is 15.5. The highest BCUT2D eigenvalue weighted by Gasteiger charge is 2.36. The predicted octanol–water partition coefficient (Wildman–Crippen LogP) is 3.92. The number of carbonyl (C=O) groups is 1. The first-order chi connectivity index (χ1) is 12.0. The maximum absolute atomic E-state index is 13.2. The fourth-order valence-corrected chi connectivity index (χ4v) is 3.94. The van der Waals surface area contributed by atoms with Gasteiger partial charge in [-0.3, -0.25) is 4.79 Å². The molecule has 2 aliphatic rings. The van der Waals surface area contributed by atoms with Gasteiger partial charge in [-0.25, -0.2) is 0 Å². The van der Waals surface area contributed by atoms with Crippen molar-refractivity contribution in [2.75, 3.05) is 6.54 Å². The topological polar surface area (TPSA) is 64.2 Å². The molecule has 1 aliphatic heterocycles. The minimum Gasteiger partial charge on any atom is -0.345 e. The number of aryl methyl sites for hydroxylation is 1. The van der Waals surface area contributed by atoms with Gasteiger partial charge in [0.05, 0.1) is 11.6 Å². The Balaban J connectivity index is 1.61. The summed E-state index contributed by atoms with van der Waals surface area (Å²) in [4.78, 5) is 19.7. The van der Waals surface area contributed by atoms with Crippen LogP contribution in [0.4, 0.5) is 0 Å². The second-order valence-corrected chi connectivity index (χ2v) is 7.69. The van der Waals surface area contributed by atoms with Gasteiger partial charge in [-0.05, 0) is 45.6 Å². The Labute approximate surface area is 148 Å². The summed E-state index contributed by atoms with van der Waals surface area (Å²) in [6.07, 6.45) is 4.31. The fourth-order valence-electron chi connectivity index (χ4n) is 3.94. The van der Waals surface area contributed by atoms with Gasteiger partial charge in [-0.1, -0.05) is 19.0 Å². The molecule has 0 aromatic carbocycles. The normalized spacial score (nSPS) is 20.7. The van der Waals surface area contributed by atoms with E-state index in [0.29, 0.717) is 17.8 Å². The molecule has 3 heterocycles. The minimum absolute atomic E-state index is 0.0762. The van der Waals surface area contributed by atoms with E-state index in [9.17, 15) is 4.79 Å². The van der Waals surface area contributed by atoms with E-state index in [0.717, 1.165) is 30.6 Å². The highest BCUT2D eigenvalue weighted by molar-refractivity contribution is 5.96. The van der Waals surface area contributed by atoms with Crippen molar-refractivity contribution in [1.29, 1.82) is 0 Å². The molecule has 1 amide bonds. The predicted molar refractivity (Wildman–Crippen MR) is 93.6 cm³/mol. The van der Waals surface area contributed by atoms with Crippen molar-refractivity contribution in [3.05, 3.63) is 34.7 Å². The number of likely N-dealkylation sites (tertiary alicyclic amines) is 1. The lowest BCUT2D eigenvalue weighted by atomic mass is 10.1. The molecule has 0 N–H and O–H groups in total. The highest BCUT2D eigenvalue weighted by atomic mass is 16.5. The molecule has 0 unspecified atom stereocenters. The zero-order chi connectivity index (χ0) is 17.7. The Morgan fingerprint density at radius 1 is 1.28 bits per heavy atom. The monoisotopic (exact) mass is 342 g/mol. The van der Waals surface area contributed by atoms with E-state index in [2.05, 4.69) is 28.6 Å². The van der Waals surface area contributed by atoms with Gasteiger partial charge >= 0.3 is 0 Å². The number of nitrogens with zero attached hydrogens (tertiary/aromatic N) is 4. The number of amides is 1. The Morgan fingerprint density at radius 3 is 2.68 bits per heavy atom. The van der Waals surface area contributed by atoms with Crippen molar-refractivity contribution >= 4 is 5.91 Å². The lowest BCUT2D eigenvalue weighted by molar-refractivity contribution is 0.0727. The molecule has 2 aromatic heterocycles. The third-order valence-electron chi connectivity index (χ3n) is 5.39. The molecule has 1 atom stereocenters. The second kappa shape index (κ2) is 6.00. The van der Waals surface area contributed by atoms with E-state index in [4.69, 9.17) is 4.52 Å². The average molecular weight is 342 g/mol. The van der Waals surface area contributed by atoms with Crippen LogP contribution in [0.1, 0.15) is 91.0 Å². The Morgan fingerprint density at radius 2 is 2.04 bits per heavy atom. The van der Waals surface area contributed by atoms with Crippen LogP contribution >= 0.6 is 0 Å². The van der Waals surface area contributed by atoms with E-state index in [1.54, 1.807) is 0 Å². The highest BCUT2D eigenvalue weighted by Crippen LogP contribution is 2.39. The molecule has 2 fully saturated rings. The molecule has 6 heteroatoms. The van der Waals surface area contributed by atoms with Crippen molar-refractivity contribution in [3.63, 3.8) is 0 Å². The van der Waals surface area contributed by atoms with Gasteiger partial charge in [0.15, 0.2) is 5.82 Å². The molecule has 1 aliphatic carbocycles. The quantitative estimate of drug-likeness (QED) is 0.844. The first-order valence-corrected chi connectivity index (χ1v) is 9.30. The van der Waals surface area contributed by atoms with Gasteiger partial charge in [0.2, 0.25) is 5.89 Å². The third-order valence-corrected chi connectivity index (χ3v) is 5.39. The molecule has 25 heavy (non-hydrogen) atoms. The lowest BCUT2D eigenvalue weighted by Gasteiger charge is -2.22. The van der Waals surface area contributed by atoms with Crippen LogP contribution in [0.3, 0.4) is 0 Å². The Bertz CT molecular complexity index is 800. The van der Waals surface area contributed by atoms with Crippen LogP contribution in [-0.2, 0) is 0 Å². The number of hydrogen-bond donors (Lipinski definition) is 0. The lowest BCUT2D eigenvalue weighted by Crippen LogP contribution is -2.31. The van der Waals surface area contributed by atoms with E-state index in [-0.39, 0.29) is 17.9 Å². The Kier molecular flexibility index (Phi) is 3.93. The van der Waals surface area contributed by atoms with Crippen molar-refractivity contribution < 1.29 is 9.32 Å². The average Bonchev–Trinajstić information content (AvgIpc) is 3.02. The third kappa shape index (κ3) is 2.77. The molecule has 0 bridgehead atoms. The largest absolute Gasteiger partial charge is 0.345 e. The number of rotatable bonds is 4. The van der Waals surface area contributed by atoms with Crippen molar-refractivity contribution in [2.24, 2.45) is 0 Å². The summed E-state index contributed by atoms with van der Waals surface area (Å²) in [5.74, 6) is 1.58. The van der Waals surface area contributed by atoms with E-state index < -0.39 is 0 Å². The van der Waals surface area contributed by atoms with Gasteiger partial charge in [0, 0.05) is 29.9 Å². The molecule has 2 aromatic rings. The second-order valence-electron chi connectivity index (χ2n) is 7.69. The number of aromatic nitrogens is 3. The number of hydrogen-bond acceptors (Lipinski definition) is 4. The Hall–Kier alpha value is -2.11. The molecular formula is C19H26N4O2. The summed E-state index contributed by atoms with van der Waals surface area (Å²) in [6.45, 7) is 8.97. The molecule has 1 saturated heterocycles. The van der Waals surface area contributed by atoms with Crippen LogP contribution < -0.4 is 0 Å². The van der Waals surface area contributed by atoms with Gasteiger partial charge < -0.3 is 14.0 Å². The fraction of sp³-hybridized carbons (Fsp3) is 0.632. The first-order valence-electron chi connectivity index (χ1n) is 9.30. The number of carbonyl (C=O) groups excluding carboxylic acids is 1. The molecular weight excluding hydrogens is 316 g/mol. The minimum atomic E-state index is -0.0762. The standard InChI is InChI=1S/C19H26N4O2/c1-11(2)18-20-17(21-25-18)16-6-5-9-22(16)19(24)15-10-12(3)23(13(15)4)14-7-8-14/h10-11,14,16H,5-9H2,1-4H3/t16-/m0/s1. The van der Waals surface area contributed by atoms with Gasteiger partial charge in [0.1, 0.15) is 0 Å². The van der Waals surface area contributed by atoms with Crippen LogP contribution in [0.25, 0.3) is 0 Å². The van der Waals surface area contributed by atoms with Gasteiger partial charge in [-0.15, -0.1) is 0 Å². The zero-order valence-electron chi connectivity index (χ0n) is 15.5. The van der Waals surface area contributed by atoms with E-state index >= 15 is 0 Å². The van der Waals surface area contributed by atoms with Gasteiger partial charge in [0.25, 0.3) is 5.91 Å². The maximum atomic E-state index is 13.2. The summed E-state index contributed by atoms with van der Waals surface area (Å²) in [7, 11) is 0. The van der Waals surface area contributed by atoms with Crippen LogP contribution in [0.5, 0.6) is 0 Å². The summed E-state index contributed by atoms with van der Waals surface area (Å²) in [5, 5.41) is 4.14. The van der Waals surface area contributed by atoms with Crippen molar-refractivity contribution in [3.8, 4) is 0 Å². The summed E-state index contributed by atoms with van der Waals surface area (Å²) in [6, 6.07) is 2.55. The summed E-state index contributed by atoms with van der Waals surface area (Å²) in [5.41, 5.74) is 3.09.